The van der Waals surface area contributed by atoms with Gasteiger partial charge in [0.2, 0.25) is 11.2 Å². The van der Waals surface area contributed by atoms with E-state index in [4.69, 9.17) is 16.3 Å². The molecule has 60 valence electrons. The third-order valence-electron chi connectivity index (χ3n) is 1.37. The molecule has 0 aliphatic heterocycles. The second-order valence-electron chi connectivity index (χ2n) is 2.03. The van der Waals surface area contributed by atoms with Gasteiger partial charge in [-0.05, 0) is 18.0 Å². The van der Waals surface area contributed by atoms with Crippen LogP contribution in [0.3, 0.4) is 0 Å². The van der Waals surface area contributed by atoms with Gasteiger partial charge in [-0.3, -0.25) is 0 Å². The SMILES string of the molecule is CCc1cnc(Cl)nc1OC. The Hall–Kier alpha value is -0.830. The smallest absolute Gasteiger partial charge is 0.225 e. The first kappa shape index (κ1) is 8.27. The van der Waals surface area contributed by atoms with Crippen LogP contribution in [-0.4, -0.2) is 17.1 Å². The number of aromatic nitrogens is 2. The molecule has 0 N–H and O–H groups in total. The normalized spacial score (nSPS) is 9.73. The van der Waals surface area contributed by atoms with E-state index in [0.717, 1.165) is 12.0 Å². The van der Waals surface area contributed by atoms with E-state index in [-0.39, 0.29) is 5.28 Å². The molecular formula is C7H9ClN2O. The maximum Gasteiger partial charge on any atom is 0.225 e. The Labute approximate surface area is 70.4 Å². The van der Waals surface area contributed by atoms with Gasteiger partial charge in [0.15, 0.2) is 0 Å². The van der Waals surface area contributed by atoms with E-state index in [1.54, 1.807) is 13.3 Å². The summed E-state index contributed by atoms with van der Waals surface area (Å²) in [5.74, 6) is 0.563. The van der Waals surface area contributed by atoms with Gasteiger partial charge in [0.1, 0.15) is 0 Å². The van der Waals surface area contributed by atoms with Gasteiger partial charge in [-0.1, -0.05) is 6.92 Å². The maximum atomic E-state index is 5.55. The molecule has 0 aromatic carbocycles. The monoisotopic (exact) mass is 172 g/mol. The highest BCUT2D eigenvalue weighted by molar-refractivity contribution is 6.28. The van der Waals surface area contributed by atoms with Crippen molar-refractivity contribution in [3.05, 3.63) is 17.0 Å². The molecule has 0 saturated carbocycles. The van der Waals surface area contributed by atoms with Crippen LogP contribution < -0.4 is 4.74 Å². The number of hydrogen-bond donors (Lipinski definition) is 0. The molecule has 1 aromatic heterocycles. The Morgan fingerprint density at radius 2 is 2.36 bits per heavy atom. The van der Waals surface area contributed by atoms with E-state index < -0.39 is 0 Å². The maximum absolute atomic E-state index is 5.55. The third kappa shape index (κ3) is 1.80. The average Bonchev–Trinajstić information content (AvgIpc) is 2.04. The summed E-state index contributed by atoms with van der Waals surface area (Å²) in [7, 11) is 1.57. The lowest BCUT2D eigenvalue weighted by molar-refractivity contribution is 0.392. The van der Waals surface area contributed by atoms with Crippen molar-refractivity contribution in [2.45, 2.75) is 13.3 Å². The molecule has 1 rings (SSSR count). The topological polar surface area (TPSA) is 35.0 Å². The Balaban J connectivity index is 3.06. The fourth-order valence-corrected chi connectivity index (χ4v) is 0.916. The lowest BCUT2D eigenvalue weighted by Crippen LogP contribution is -1.95. The van der Waals surface area contributed by atoms with E-state index in [9.17, 15) is 0 Å². The fourth-order valence-electron chi connectivity index (χ4n) is 0.790. The summed E-state index contributed by atoms with van der Waals surface area (Å²) in [6, 6.07) is 0. The number of nitrogens with zero attached hydrogens (tertiary/aromatic N) is 2. The first-order valence-corrected chi connectivity index (χ1v) is 3.71. The number of rotatable bonds is 2. The molecule has 0 atom stereocenters. The van der Waals surface area contributed by atoms with Crippen LogP contribution in [0.25, 0.3) is 0 Å². The van der Waals surface area contributed by atoms with Crippen LogP contribution in [0, 0.1) is 0 Å². The molecule has 0 aliphatic carbocycles. The molecule has 0 fully saturated rings. The zero-order valence-electron chi connectivity index (χ0n) is 6.47. The number of aryl methyl sites for hydroxylation is 1. The van der Waals surface area contributed by atoms with Crippen LogP contribution in [0.1, 0.15) is 12.5 Å². The van der Waals surface area contributed by atoms with Crippen LogP contribution >= 0.6 is 11.6 Å². The Kier molecular flexibility index (Phi) is 2.65. The van der Waals surface area contributed by atoms with Crippen molar-refractivity contribution in [3.8, 4) is 5.88 Å². The van der Waals surface area contributed by atoms with Crippen LogP contribution in [0.15, 0.2) is 6.20 Å². The van der Waals surface area contributed by atoms with E-state index in [0.29, 0.717) is 5.88 Å². The molecular weight excluding hydrogens is 164 g/mol. The van der Waals surface area contributed by atoms with E-state index in [1.165, 1.54) is 0 Å². The number of ether oxygens (including phenoxy) is 1. The summed E-state index contributed by atoms with van der Waals surface area (Å²) >= 11 is 5.55. The summed E-state index contributed by atoms with van der Waals surface area (Å²) in [6.07, 6.45) is 2.52. The van der Waals surface area contributed by atoms with E-state index in [1.807, 2.05) is 6.92 Å². The van der Waals surface area contributed by atoms with Crippen molar-refractivity contribution < 1.29 is 4.74 Å². The molecule has 0 unspecified atom stereocenters. The number of methoxy groups -OCH3 is 1. The first-order chi connectivity index (χ1) is 5.27. The van der Waals surface area contributed by atoms with Gasteiger partial charge < -0.3 is 4.74 Å². The van der Waals surface area contributed by atoms with Crippen molar-refractivity contribution in [1.82, 2.24) is 9.97 Å². The van der Waals surface area contributed by atoms with Crippen LogP contribution in [0.4, 0.5) is 0 Å². The molecule has 1 heterocycles. The predicted octanol–water partition coefficient (Wildman–Crippen LogP) is 1.70. The largest absolute Gasteiger partial charge is 0.481 e. The summed E-state index contributed by atoms with van der Waals surface area (Å²) in [5, 5.41) is 0.221. The van der Waals surface area contributed by atoms with Gasteiger partial charge in [0.05, 0.1) is 7.11 Å². The summed E-state index contributed by atoms with van der Waals surface area (Å²) < 4.78 is 4.98. The van der Waals surface area contributed by atoms with Gasteiger partial charge in [0, 0.05) is 11.8 Å². The molecule has 1 aromatic rings. The molecule has 4 heteroatoms. The zero-order chi connectivity index (χ0) is 8.27. The highest BCUT2D eigenvalue weighted by Crippen LogP contribution is 2.15. The second-order valence-corrected chi connectivity index (χ2v) is 2.37. The molecule has 0 saturated heterocycles. The highest BCUT2D eigenvalue weighted by atomic mass is 35.5. The standard InChI is InChI=1S/C7H9ClN2O/c1-3-5-4-9-7(8)10-6(5)11-2/h4H,3H2,1-2H3. The van der Waals surface area contributed by atoms with Crippen LogP contribution in [-0.2, 0) is 6.42 Å². The van der Waals surface area contributed by atoms with Crippen molar-refractivity contribution in [3.63, 3.8) is 0 Å². The van der Waals surface area contributed by atoms with Gasteiger partial charge in [-0.2, -0.15) is 4.98 Å². The zero-order valence-corrected chi connectivity index (χ0v) is 7.22. The highest BCUT2D eigenvalue weighted by Gasteiger charge is 2.02. The predicted molar refractivity (Wildman–Crippen MR) is 43.0 cm³/mol. The number of halogens is 1. The minimum atomic E-state index is 0.221. The second kappa shape index (κ2) is 3.53. The Morgan fingerprint density at radius 3 is 2.91 bits per heavy atom. The Morgan fingerprint density at radius 1 is 1.64 bits per heavy atom. The van der Waals surface area contributed by atoms with Crippen molar-refractivity contribution >= 4 is 11.6 Å². The van der Waals surface area contributed by atoms with E-state index in [2.05, 4.69) is 9.97 Å². The van der Waals surface area contributed by atoms with Gasteiger partial charge in [-0.25, -0.2) is 4.98 Å². The molecule has 0 spiro atoms. The molecule has 0 radical (unpaired) electrons. The minimum absolute atomic E-state index is 0.221. The summed E-state index contributed by atoms with van der Waals surface area (Å²) in [5.41, 5.74) is 0.969. The molecule has 0 aliphatic rings. The van der Waals surface area contributed by atoms with Gasteiger partial charge >= 0.3 is 0 Å². The molecule has 0 bridgehead atoms. The lowest BCUT2D eigenvalue weighted by atomic mass is 10.2. The van der Waals surface area contributed by atoms with E-state index >= 15 is 0 Å². The first-order valence-electron chi connectivity index (χ1n) is 3.33. The van der Waals surface area contributed by atoms with Crippen molar-refractivity contribution in [2.24, 2.45) is 0 Å². The number of hydrogen-bond acceptors (Lipinski definition) is 3. The summed E-state index contributed by atoms with van der Waals surface area (Å²) in [6.45, 7) is 2.01. The fraction of sp³-hybridized carbons (Fsp3) is 0.429. The van der Waals surface area contributed by atoms with Gasteiger partial charge in [-0.15, -0.1) is 0 Å². The quantitative estimate of drug-likeness (QED) is 0.637. The molecule has 3 nitrogen and oxygen atoms in total. The van der Waals surface area contributed by atoms with Crippen LogP contribution in [0.2, 0.25) is 5.28 Å². The van der Waals surface area contributed by atoms with Crippen molar-refractivity contribution in [2.75, 3.05) is 7.11 Å². The summed E-state index contributed by atoms with van der Waals surface area (Å²) in [4.78, 5) is 7.73. The van der Waals surface area contributed by atoms with Crippen LogP contribution in [0.5, 0.6) is 5.88 Å². The Bertz CT molecular complexity index is 252. The minimum Gasteiger partial charge on any atom is -0.481 e. The third-order valence-corrected chi connectivity index (χ3v) is 1.55. The van der Waals surface area contributed by atoms with Crippen molar-refractivity contribution in [1.29, 1.82) is 0 Å². The average molecular weight is 173 g/mol. The van der Waals surface area contributed by atoms with Gasteiger partial charge in [0.25, 0.3) is 0 Å². The lowest BCUT2D eigenvalue weighted by Gasteiger charge is -2.03. The molecule has 0 amide bonds. The molecule has 11 heavy (non-hydrogen) atoms.